The van der Waals surface area contributed by atoms with Crippen LogP contribution in [0.2, 0.25) is 0 Å². The van der Waals surface area contributed by atoms with Gasteiger partial charge in [0.25, 0.3) is 5.91 Å². The molecule has 0 spiro atoms. The summed E-state index contributed by atoms with van der Waals surface area (Å²) in [7, 11) is 0. The number of quaternary nitrogens is 1. The van der Waals surface area contributed by atoms with Crippen molar-refractivity contribution in [3.63, 3.8) is 0 Å². The lowest BCUT2D eigenvalue weighted by Gasteiger charge is -2.32. The van der Waals surface area contributed by atoms with Crippen LogP contribution in [-0.2, 0) is 4.79 Å². The summed E-state index contributed by atoms with van der Waals surface area (Å²) in [6, 6.07) is 12.5. The van der Waals surface area contributed by atoms with Crippen LogP contribution in [0.3, 0.4) is 0 Å². The van der Waals surface area contributed by atoms with Gasteiger partial charge in [-0.3, -0.25) is 4.79 Å². The minimum absolute atomic E-state index is 0.0766. The maximum absolute atomic E-state index is 13.0. The number of benzene rings is 2. The van der Waals surface area contributed by atoms with E-state index >= 15 is 0 Å². The highest BCUT2D eigenvalue weighted by molar-refractivity contribution is 7.18. The molecule has 0 radical (unpaired) electrons. The van der Waals surface area contributed by atoms with Crippen LogP contribution in [-0.4, -0.2) is 30.0 Å². The quantitative estimate of drug-likeness (QED) is 0.685. The van der Waals surface area contributed by atoms with E-state index in [4.69, 9.17) is 4.98 Å². The number of hydrogen-bond donors (Lipinski definition) is 2. The van der Waals surface area contributed by atoms with Crippen molar-refractivity contribution < 1.29 is 9.69 Å². The molecule has 4 nitrogen and oxygen atoms in total. The lowest BCUT2D eigenvalue weighted by atomic mass is 9.97. The average molecular weight is 409 g/mol. The molecule has 0 saturated carbocycles. The molecule has 3 atom stereocenters. The van der Waals surface area contributed by atoms with Gasteiger partial charge in [-0.05, 0) is 63.8 Å². The first-order valence-electron chi connectivity index (χ1n) is 10.5. The van der Waals surface area contributed by atoms with E-state index in [-0.39, 0.29) is 11.9 Å². The van der Waals surface area contributed by atoms with E-state index < -0.39 is 0 Å². The molecule has 4 rings (SSSR count). The number of nitrogens with one attached hydrogen (secondary N) is 2. The van der Waals surface area contributed by atoms with E-state index in [2.05, 4.69) is 63.3 Å². The number of aromatic nitrogens is 1. The Labute approximate surface area is 177 Å². The van der Waals surface area contributed by atoms with E-state index in [1.165, 1.54) is 20.2 Å². The molecule has 1 amide bonds. The predicted octanol–water partition coefficient (Wildman–Crippen LogP) is 4.01. The standard InChI is InChI=1S/C24H29N3OS/c1-15-12-16(2)22(17(3)13-15)26-23(28)18(4)27-11-7-8-19(14-27)24-25-20-9-5-6-10-21(20)29-24/h5-6,9-10,12-13,18-19H,7-8,11,14H2,1-4H3,(H,26,28)/p+1/t18-,19+/m1/s1. The zero-order valence-electron chi connectivity index (χ0n) is 17.7. The van der Waals surface area contributed by atoms with E-state index in [1.54, 1.807) is 0 Å². The number of amides is 1. The van der Waals surface area contributed by atoms with Gasteiger partial charge in [-0.25, -0.2) is 4.98 Å². The van der Waals surface area contributed by atoms with Gasteiger partial charge in [0.05, 0.1) is 29.2 Å². The summed E-state index contributed by atoms with van der Waals surface area (Å²) in [5.41, 5.74) is 5.54. The minimum atomic E-state index is -0.0766. The van der Waals surface area contributed by atoms with Gasteiger partial charge in [0, 0.05) is 5.69 Å². The molecule has 1 fully saturated rings. The maximum Gasteiger partial charge on any atom is 0.282 e. The Morgan fingerprint density at radius 1 is 1.21 bits per heavy atom. The number of anilines is 1. The van der Waals surface area contributed by atoms with E-state index in [0.29, 0.717) is 5.92 Å². The highest BCUT2D eigenvalue weighted by Crippen LogP contribution is 2.30. The molecule has 1 unspecified atom stereocenters. The summed E-state index contributed by atoms with van der Waals surface area (Å²) < 4.78 is 1.26. The summed E-state index contributed by atoms with van der Waals surface area (Å²) in [5, 5.41) is 4.43. The van der Waals surface area contributed by atoms with Crippen LogP contribution in [0.15, 0.2) is 36.4 Å². The molecule has 1 saturated heterocycles. The smallest absolute Gasteiger partial charge is 0.282 e. The number of hydrogen-bond acceptors (Lipinski definition) is 3. The second-order valence-electron chi connectivity index (χ2n) is 8.46. The number of likely N-dealkylation sites (tertiary alicyclic amines) is 1. The molecule has 2 aromatic carbocycles. The molecule has 3 aromatic rings. The second-order valence-corrected chi connectivity index (χ2v) is 9.52. The van der Waals surface area contributed by atoms with Crippen LogP contribution in [0.1, 0.15) is 47.4 Å². The van der Waals surface area contributed by atoms with Gasteiger partial charge in [-0.1, -0.05) is 29.8 Å². The topological polar surface area (TPSA) is 46.4 Å². The highest BCUT2D eigenvalue weighted by atomic mass is 32.1. The molecule has 2 N–H and O–H groups in total. The average Bonchev–Trinajstić information content (AvgIpc) is 3.14. The fraction of sp³-hybridized carbons (Fsp3) is 0.417. The van der Waals surface area contributed by atoms with Crippen LogP contribution >= 0.6 is 11.3 Å². The van der Waals surface area contributed by atoms with Crippen LogP contribution < -0.4 is 10.2 Å². The molecule has 5 heteroatoms. The highest BCUT2D eigenvalue weighted by Gasteiger charge is 2.33. The number of aryl methyl sites for hydroxylation is 3. The van der Waals surface area contributed by atoms with Crippen molar-refractivity contribution in [1.82, 2.24) is 4.98 Å². The summed E-state index contributed by atoms with van der Waals surface area (Å²) in [6.07, 6.45) is 2.30. The predicted molar refractivity (Wildman–Crippen MR) is 121 cm³/mol. The number of carbonyl (C=O) groups excluding carboxylic acids is 1. The molecule has 152 valence electrons. The summed E-state index contributed by atoms with van der Waals surface area (Å²) in [6.45, 7) is 10.3. The molecule has 1 aromatic heterocycles. The number of piperidine rings is 1. The summed E-state index contributed by atoms with van der Waals surface area (Å²) in [4.78, 5) is 19.3. The monoisotopic (exact) mass is 408 g/mol. The van der Waals surface area contributed by atoms with Gasteiger partial charge < -0.3 is 10.2 Å². The van der Waals surface area contributed by atoms with Gasteiger partial charge >= 0.3 is 0 Å². The Balaban J connectivity index is 1.47. The number of rotatable bonds is 4. The Kier molecular flexibility index (Phi) is 5.70. The Morgan fingerprint density at radius 2 is 1.93 bits per heavy atom. The van der Waals surface area contributed by atoms with Crippen LogP contribution in [0, 0.1) is 20.8 Å². The Morgan fingerprint density at radius 3 is 2.66 bits per heavy atom. The molecular weight excluding hydrogens is 378 g/mol. The Hall–Kier alpha value is -2.24. The van der Waals surface area contributed by atoms with Crippen LogP contribution in [0.5, 0.6) is 0 Å². The zero-order chi connectivity index (χ0) is 20.5. The van der Waals surface area contributed by atoms with E-state index in [9.17, 15) is 4.79 Å². The summed E-state index contributed by atoms with van der Waals surface area (Å²) >= 11 is 1.81. The van der Waals surface area contributed by atoms with E-state index in [1.807, 2.05) is 17.4 Å². The van der Waals surface area contributed by atoms with Crippen molar-refractivity contribution in [2.45, 2.75) is 52.5 Å². The van der Waals surface area contributed by atoms with Crippen molar-refractivity contribution in [2.24, 2.45) is 0 Å². The lowest BCUT2D eigenvalue weighted by molar-refractivity contribution is -0.920. The third kappa shape index (κ3) is 4.21. The van der Waals surface area contributed by atoms with Gasteiger partial charge in [0.1, 0.15) is 5.01 Å². The van der Waals surface area contributed by atoms with Crippen molar-refractivity contribution in [1.29, 1.82) is 0 Å². The van der Waals surface area contributed by atoms with Gasteiger partial charge in [0.15, 0.2) is 6.04 Å². The van der Waals surface area contributed by atoms with Crippen LogP contribution in [0.25, 0.3) is 10.2 Å². The van der Waals surface area contributed by atoms with Crippen molar-refractivity contribution >= 4 is 33.1 Å². The van der Waals surface area contributed by atoms with Crippen molar-refractivity contribution in [3.8, 4) is 0 Å². The first-order valence-corrected chi connectivity index (χ1v) is 11.3. The fourth-order valence-corrected chi connectivity index (χ4v) is 5.66. The first-order chi connectivity index (χ1) is 13.9. The normalized spacial score (nSPS) is 20.6. The molecule has 1 aliphatic rings. The molecule has 0 aliphatic carbocycles. The molecule has 2 heterocycles. The van der Waals surface area contributed by atoms with E-state index in [0.717, 1.165) is 48.3 Å². The number of fused-ring (bicyclic) bond motifs is 1. The molecular formula is C24H30N3OS+. The maximum atomic E-state index is 13.0. The third-order valence-corrected chi connectivity index (χ3v) is 7.35. The summed E-state index contributed by atoms with van der Waals surface area (Å²) in [5.74, 6) is 0.550. The van der Waals surface area contributed by atoms with Gasteiger partial charge in [0.2, 0.25) is 0 Å². The number of para-hydroxylation sites is 1. The number of carbonyl (C=O) groups is 1. The lowest BCUT2D eigenvalue weighted by Crippen LogP contribution is -3.17. The zero-order valence-corrected chi connectivity index (χ0v) is 18.5. The fourth-order valence-electron chi connectivity index (χ4n) is 4.56. The number of nitrogens with zero attached hydrogens (tertiary/aromatic N) is 1. The molecule has 29 heavy (non-hydrogen) atoms. The first kappa shape index (κ1) is 20.0. The second kappa shape index (κ2) is 8.25. The minimum Gasteiger partial charge on any atom is -0.324 e. The Bertz CT molecular complexity index is 986. The van der Waals surface area contributed by atoms with Crippen LogP contribution in [0.4, 0.5) is 5.69 Å². The van der Waals surface area contributed by atoms with Gasteiger partial charge in [-0.15, -0.1) is 11.3 Å². The largest absolute Gasteiger partial charge is 0.324 e. The molecule has 1 aliphatic heterocycles. The van der Waals surface area contributed by atoms with Crippen molar-refractivity contribution in [2.75, 3.05) is 18.4 Å². The number of thiazole rings is 1. The molecule has 0 bridgehead atoms. The third-order valence-electron chi connectivity index (χ3n) is 6.15. The van der Waals surface area contributed by atoms with Gasteiger partial charge in [-0.2, -0.15) is 0 Å². The van der Waals surface area contributed by atoms with Crippen molar-refractivity contribution in [3.05, 3.63) is 58.1 Å². The SMILES string of the molecule is Cc1cc(C)c(NC(=O)[C@@H](C)[NH+]2CCC[C@H](c3nc4ccccc4s3)C2)c(C)c1.